The molecule has 0 aromatic carbocycles. The third-order valence-electron chi connectivity index (χ3n) is 6.04. The summed E-state index contributed by atoms with van der Waals surface area (Å²) >= 11 is 4.78. The SMILES string of the molecule is C1=CCN=C1.C1=NCN=N1.c1c[nH]cn1.c1cc[nH]c1.c1ccncc1.c1ccnnc1.c1ccoc1.c1ccsc1.c1cnccn1.c1cncnc1.c1cnoc1.c1cnsc1.c1cocn1.c1cscn1. The highest BCUT2D eigenvalue weighted by molar-refractivity contribution is 7.07. The smallest absolute Gasteiger partial charge is 0.180 e. The van der Waals surface area contributed by atoms with E-state index in [4.69, 9.17) is 0 Å². The van der Waals surface area contributed by atoms with Crippen LogP contribution in [0.5, 0.6) is 0 Å². The molecule has 0 atom stereocenters. The van der Waals surface area contributed by atoms with E-state index in [1.807, 2.05) is 119 Å². The van der Waals surface area contributed by atoms with Gasteiger partial charge in [0.15, 0.2) is 13.1 Å². The van der Waals surface area contributed by atoms with Crippen molar-refractivity contribution in [2.75, 3.05) is 13.2 Å². The van der Waals surface area contributed by atoms with E-state index in [-0.39, 0.29) is 0 Å². The third kappa shape index (κ3) is 56.5. The number of H-pyrrole nitrogens is 2. The Balaban J connectivity index is 0.000000399. The number of thiophene rings is 1. The fraction of sp³-hybridized carbons (Fsp3) is 0.0400. The van der Waals surface area contributed by atoms with E-state index in [2.05, 4.69) is 103 Å². The molecule has 380 valence electrons. The van der Waals surface area contributed by atoms with Gasteiger partial charge in [-0.15, -0.1) is 16.5 Å². The molecular formula is C50H54N18O3S3. The Morgan fingerprint density at radius 2 is 1.18 bits per heavy atom. The number of oxazole rings is 1. The second kappa shape index (κ2) is 59.3. The van der Waals surface area contributed by atoms with Crippen LogP contribution in [0.3, 0.4) is 0 Å². The van der Waals surface area contributed by atoms with Gasteiger partial charge in [-0.1, -0.05) is 29.4 Å². The van der Waals surface area contributed by atoms with Crippen LogP contribution in [0, 0.1) is 0 Å². The van der Waals surface area contributed by atoms with Gasteiger partial charge >= 0.3 is 0 Å². The maximum absolute atomic E-state index is 4.58. The molecule has 2 N–H and O–H groups in total. The molecule has 0 fully saturated rings. The molecule has 14 heterocycles. The largest absolute Gasteiger partial charge is 0.473 e. The first-order chi connectivity index (χ1) is 37.0. The minimum absolute atomic E-state index is 0.528. The van der Waals surface area contributed by atoms with Crippen LogP contribution in [-0.4, -0.2) is 95.3 Å². The second-order valence-corrected chi connectivity index (χ2v) is 13.6. The lowest BCUT2D eigenvalue weighted by atomic mass is 10.5. The van der Waals surface area contributed by atoms with E-state index >= 15 is 0 Å². The minimum Gasteiger partial charge on any atom is -0.473 e. The molecule has 24 heteroatoms. The normalized spacial score (nSPS) is 9.30. The van der Waals surface area contributed by atoms with Gasteiger partial charge in [0.25, 0.3) is 0 Å². The van der Waals surface area contributed by atoms with Crippen LogP contribution in [0.25, 0.3) is 0 Å². The van der Waals surface area contributed by atoms with Gasteiger partial charge in [-0.25, -0.2) is 29.3 Å². The lowest BCUT2D eigenvalue weighted by Gasteiger charge is -1.70. The second-order valence-electron chi connectivity index (χ2n) is 11.3. The Labute approximate surface area is 440 Å². The molecule has 0 spiro atoms. The van der Waals surface area contributed by atoms with E-state index in [1.165, 1.54) is 43.1 Å². The van der Waals surface area contributed by atoms with Crippen LogP contribution in [0.1, 0.15) is 0 Å². The zero-order valence-corrected chi connectivity index (χ0v) is 42.2. The minimum atomic E-state index is 0.528. The monoisotopic (exact) mass is 1050 g/mol. The van der Waals surface area contributed by atoms with Gasteiger partial charge in [0.1, 0.15) is 25.2 Å². The Bertz CT molecular complexity index is 1930. The van der Waals surface area contributed by atoms with E-state index in [9.17, 15) is 0 Å². The predicted octanol–water partition coefficient (Wildman–Crippen LogP) is 11.7. The van der Waals surface area contributed by atoms with Crippen molar-refractivity contribution >= 4 is 46.8 Å². The van der Waals surface area contributed by atoms with E-state index in [0.29, 0.717) is 6.67 Å². The van der Waals surface area contributed by atoms with Crippen LogP contribution >= 0.6 is 34.2 Å². The lowest BCUT2D eigenvalue weighted by molar-refractivity contribution is 0.420. The summed E-state index contributed by atoms with van der Waals surface area (Å²) in [4.78, 5) is 42.6. The molecule has 0 bridgehead atoms. The number of hydrogen-bond acceptors (Lipinski definition) is 22. The molecule has 74 heavy (non-hydrogen) atoms. The number of nitrogens with one attached hydrogen (secondary N) is 2. The topological polar surface area (TPSA) is 275 Å². The Morgan fingerprint density at radius 1 is 0.446 bits per heavy atom. The molecule has 2 aliphatic rings. The molecule has 0 saturated heterocycles. The van der Waals surface area contributed by atoms with E-state index < -0.39 is 0 Å². The maximum atomic E-state index is 4.58. The number of rotatable bonds is 0. The average Bonchev–Trinajstić information content (AvgIpc) is 4.33. The molecule has 12 aromatic heterocycles. The zero-order valence-electron chi connectivity index (χ0n) is 39.7. The van der Waals surface area contributed by atoms with Gasteiger partial charge in [0.2, 0.25) is 0 Å². The Kier molecular flexibility index (Phi) is 49.9. The van der Waals surface area contributed by atoms with Gasteiger partial charge in [-0.3, -0.25) is 24.9 Å². The van der Waals surface area contributed by atoms with Gasteiger partial charge in [0, 0.05) is 116 Å². The first-order valence-electron chi connectivity index (χ1n) is 21.2. The number of azo groups is 1. The summed E-state index contributed by atoms with van der Waals surface area (Å²) in [5.74, 6) is 0. The third-order valence-corrected chi connectivity index (χ3v) is 7.72. The van der Waals surface area contributed by atoms with Crippen molar-refractivity contribution in [3.05, 3.63) is 280 Å². The van der Waals surface area contributed by atoms with Crippen molar-refractivity contribution in [3.8, 4) is 0 Å². The highest BCUT2D eigenvalue weighted by Crippen LogP contribution is 1.91. The van der Waals surface area contributed by atoms with Gasteiger partial charge in [-0.2, -0.15) is 26.6 Å². The van der Waals surface area contributed by atoms with Crippen molar-refractivity contribution < 1.29 is 13.4 Å². The number of aromatic amines is 2. The average molecular weight is 1050 g/mol. The van der Waals surface area contributed by atoms with Gasteiger partial charge in [0.05, 0.1) is 43.3 Å². The summed E-state index contributed by atoms with van der Waals surface area (Å²) in [6.07, 6.45) is 48.6. The number of aromatic nitrogens is 14. The summed E-state index contributed by atoms with van der Waals surface area (Å²) in [6.45, 7) is 1.42. The Hall–Kier alpha value is -9.78. The number of nitrogens with zero attached hydrogens (tertiary/aromatic N) is 16. The summed E-state index contributed by atoms with van der Waals surface area (Å²) in [5.41, 5.74) is 1.79. The molecule has 0 amide bonds. The fourth-order valence-corrected chi connectivity index (χ4v) is 4.37. The fourth-order valence-electron chi connectivity index (χ4n) is 3.21. The van der Waals surface area contributed by atoms with Crippen LogP contribution in [0.2, 0.25) is 0 Å². The maximum Gasteiger partial charge on any atom is 0.180 e. The van der Waals surface area contributed by atoms with Gasteiger partial charge in [-0.05, 0) is 95.1 Å². The molecule has 2 aliphatic heterocycles. The highest BCUT2D eigenvalue weighted by Gasteiger charge is 1.75. The van der Waals surface area contributed by atoms with Crippen molar-refractivity contribution in [3.63, 3.8) is 0 Å². The van der Waals surface area contributed by atoms with Crippen molar-refractivity contribution in [2.45, 2.75) is 0 Å². The molecule has 0 unspecified atom stereocenters. The van der Waals surface area contributed by atoms with Crippen molar-refractivity contribution in [1.29, 1.82) is 0 Å². The molecule has 0 radical (unpaired) electrons. The van der Waals surface area contributed by atoms with E-state index in [1.54, 1.807) is 165 Å². The molecule has 21 nitrogen and oxygen atoms in total. The van der Waals surface area contributed by atoms with Crippen LogP contribution in [0.4, 0.5) is 0 Å². The number of pyridine rings is 1. The zero-order chi connectivity index (χ0) is 52.3. The first-order valence-corrected chi connectivity index (χ1v) is 24.0. The first kappa shape index (κ1) is 62.2. The van der Waals surface area contributed by atoms with Crippen LogP contribution in [-0.2, 0) is 0 Å². The summed E-state index contributed by atoms with van der Waals surface area (Å²) in [5, 5.41) is 25.3. The van der Waals surface area contributed by atoms with Crippen molar-refractivity contribution in [1.82, 2.24) is 69.6 Å². The number of allylic oxidation sites excluding steroid dienone is 1. The summed E-state index contributed by atoms with van der Waals surface area (Å²) in [7, 11) is 0. The Morgan fingerprint density at radius 3 is 1.36 bits per heavy atom. The quantitative estimate of drug-likeness (QED) is 0.143. The number of imidazole rings is 1. The van der Waals surface area contributed by atoms with E-state index in [0.717, 1.165) is 6.54 Å². The highest BCUT2D eigenvalue weighted by atomic mass is 32.1. The predicted molar refractivity (Wildman–Crippen MR) is 291 cm³/mol. The molecule has 12 aromatic rings. The molecular weight excluding hydrogens is 997 g/mol. The summed E-state index contributed by atoms with van der Waals surface area (Å²) < 4.78 is 17.2. The molecule has 14 rings (SSSR count). The standard InChI is InChI=1S/C5H5N.3C4H4N2.2C4H5N.C4H4O.C4H4S.C3H4N2.2C3H3NO.2C3H3NS.C2H3N3/c1-2-4-6-5-3-1;1-2-6-4-3-5-1;1-2-5-4-6-3-1;1-2-4-6-5-3-1;4*1-2-4-5-3-1;2*1-2-5-3-4-1;1-2-4-5-3-1;1-2-5-3-4-1;1-2-4-5-3-1;1-3-2-5-4-1/h1-5H;3*1-4H;1-3H,4H2;1-5H;2*1-4H;1-3H,(H,4,5);4*1-3H;1H,2H2. The number of furan rings is 1. The number of hydrogen-bond donors (Lipinski definition) is 2. The molecule has 0 saturated carbocycles. The lowest BCUT2D eigenvalue weighted by Crippen LogP contribution is -1.69. The van der Waals surface area contributed by atoms with Crippen molar-refractivity contribution in [2.24, 2.45) is 20.2 Å². The number of thiazole rings is 1. The summed E-state index contributed by atoms with van der Waals surface area (Å²) in [6, 6.07) is 26.4. The van der Waals surface area contributed by atoms with Gasteiger partial charge < -0.3 is 23.3 Å². The van der Waals surface area contributed by atoms with Crippen LogP contribution < -0.4 is 0 Å². The molecule has 0 aliphatic carbocycles. The van der Waals surface area contributed by atoms with Crippen LogP contribution in [0.15, 0.2) is 313 Å². The number of aliphatic imine (C=N–C) groups is 2.